The maximum Gasteiger partial charge on any atom is 0.148 e. The molecule has 0 aromatic heterocycles. The van der Waals surface area contributed by atoms with Crippen LogP contribution in [0.5, 0.6) is 0 Å². The largest absolute Gasteiger partial charge is 0.375 e. The van der Waals surface area contributed by atoms with E-state index in [1.165, 1.54) is 6.07 Å². The molecule has 0 atom stereocenters. The van der Waals surface area contributed by atoms with E-state index in [1.54, 1.807) is 49.3 Å². The highest BCUT2D eigenvalue weighted by molar-refractivity contribution is 6.35. The minimum Gasteiger partial charge on any atom is -0.375 e. The molecule has 0 heterocycles. The first-order chi connectivity index (χ1) is 9.47. The molecule has 0 aliphatic rings. The van der Waals surface area contributed by atoms with E-state index in [0.717, 1.165) is 0 Å². The van der Waals surface area contributed by atoms with Gasteiger partial charge in [-0.3, -0.25) is 0 Å². The average molecular weight is 312 g/mol. The fourth-order valence-electron chi connectivity index (χ4n) is 1.59. The number of hydrogen-bond acceptors (Lipinski definition) is 3. The van der Waals surface area contributed by atoms with Crippen LogP contribution in [-0.2, 0) is 0 Å². The fraction of sp³-hybridized carbons (Fsp3) is 0.143. The summed E-state index contributed by atoms with van der Waals surface area (Å²) in [5.74, 6) is -0.358. The van der Waals surface area contributed by atoms with Gasteiger partial charge in [0.1, 0.15) is 11.5 Å². The van der Waals surface area contributed by atoms with Crippen molar-refractivity contribution in [3.8, 4) is 0 Å². The summed E-state index contributed by atoms with van der Waals surface area (Å²) < 4.78 is 13.8. The Morgan fingerprint density at radius 1 is 1.00 bits per heavy atom. The van der Waals surface area contributed by atoms with E-state index < -0.39 is 0 Å². The van der Waals surface area contributed by atoms with Crippen LogP contribution in [0.3, 0.4) is 0 Å². The highest BCUT2D eigenvalue weighted by Gasteiger charge is 2.05. The molecule has 2 aromatic carbocycles. The monoisotopic (exact) mass is 311 g/mol. The Bertz CT molecular complexity index is 657. The number of anilines is 1. The summed E-state index contributed by atoms with van der Waals surface area (Å²) in [5.41, 5.74) is 1.34. The normalized spacial score (nSPS) is 11.1. The third kappa shape index (κ3) is 3.46. The van der Waals surface area contributed by atoms with Gasteiger partial charge in [0, 0.05) is 25.2 Å². The van der Waals surface area contributed by atoms with Gasteiger partial charge >= 0.3 is 0 Å². The van der Waals surface area contributed by atoms with Crippen LogP contribution < -0.4 is 4.90 Å². The van der Waals surface area contributed by atoms with Crippen LogP contribution >= 0.6 is 23.2 Å². The van der Waals surface area contributed by atoms with Crippen LogP contribution in [-0.4, -0.2) is 14.1 Å². The smallest absolute Gasteiger partial charge is 0.148 e. The Morgan fingerprint density at radius 3 is 2.40 bits per heavy atom. The zero-order valence-electron chi connectivity index (χ0n) is 10.9. The third-order valence-corrected chi connectivity index (χ3v) is 3.15. The summed E-state index contributed by atoms with van der Waals surface area (Å²) in [6, 6.07) is 9.53. The highest BCUT2D eigenvalue weighted by atomic mass is 35.5. The topological polar surface area (TPSA) is 28.0 Å². The minimum atomic E-state index is -0.358. The second kappa shape index (κ2) is 6.20. The lowest BCUT2D eigenvalue weighted by atomic mass is 10.2. The SMILES string of the molecule is CN(C)c1ccc(N=Nc2cc(Cl)ccc2Cl)cc1F. The summed E-state index contributed by atoms with van der Waals surface area (Å²) in [6.07, 6.45) is 0. The van der Waals surface area contributed by atoms with Crippen LogP contribution in [0.2, 0.25) is 10.0 Å². The van der Waals surface area contributed by atoms with Gasteiger partial charge in [-0.15, -0.1) is 5.11 Å². The molecule has 0 fully saturated rings. The standard InChI is InChI=1S/C14H12Cl2FN3/c1-20(2)14-6-4-10(8-12(14)17)18-19-13-7-9(15)3-5-11(13)16/h3-8H,1-2H3. The second-order valence-corrected chi connectivity index (χ2v) is 5.17. The number of hydrogen-bond donors (Lipinski definition) is 0. The van der Waals surface area contributed by atoms with Gasteiger partial charge in [-0.1, -0.05) is 23.2 Å². The molecule has 0 bridgehead atoms. The molecule has 2 rings (SSSR count). The maximum absolute atomic E-state index is 13.8. The van der Waals surface area contributed by atoms with E-state index in [9.17, 15) is 4.39 Å². The van der Waals surface area contributed by atoms with Gasteiger partial charge < -0.3 is 4.90 Å². The van der Waals surface area contributed by atoms with Crippen molar-refractivity contribution < 1.29 is 4.39 Å². The summed E-state index contributed by atoms with van der Waals surface area (Å²) in [5, 5.41) is 8.89. The molecule has 0 saturated heterocycles. The molecule has 0 radical (unpaired) electrons. The zero-order valence-corrected chi connectivity index (χ0v) is 12.5. The first-order valence-electron chi connectivity index (χ1n) is 5.81. The quantitative estimate of drug-likeness (QED) is 0.677. The predicted molar refractivity (Wildman–Crippen MR) is 81.4 cm³/mol. The molecule has 6 heteroatoms. The van der Waals surface area contributed by atoms with Crippen LogP contribution in [0.1, 0.15) is 0 Å². The number of azo groups is 1. The van der Waals surface area contributed by atoms with Gasteiger partial charge in [0.2, 0.25) is 0 Å². The zero-order chi connectivity index (χ0) is 14.7. The molecular weight excluding hydrogens is 300 g/mol. The molecule has 20 heavy (non-hydrogen) atoms. The maximum atomic E-state index is 13.8. The van der Waals surface area contributed by atoms with Gasteiger partial charge in [0.05, 0.1) is 16.4 Å². The van der Waals surface area contributed by atoms with Gasteiger partial charge in [-0.05, 0) is 30.3 Å². The molecule has 0 unspecified atom stereocenters. The Hall–Kier alpha value is -1.65. The van der Waals surface area contributed by atoms with Crippen molar-refractivity contribution >= 4 is 40.3 Å². The van der Waals surface area contributed by atoms with Crippen molar-refractivity contribution in [1.82, 2.24) is 0 Å². The summed E-state index contributed by atoms with van der Waals surface area (Å²) in [7, 11) is 3.54. The molecule has 2 aromatic rings. The van der Waals surface area contributed by atoms with Crippen LogP contribution in [0.4, 0.5) is 21.5 Å². The van der Waals surface area contributed by atoms with Gasteiger partial charge in [-0.25, -0.2) is 4.39 Å². The Morgan fingerprint density at radius 2 is 1.75 bits per heavy atom. The van der Waals surface area contributed by atoms with E-state index in [2.05, 4.69) is 10.2 Å². The summed E-state index contributed by atoms with van der Waals surface area (Å²) in [4.78, 5) is 1.68. The molecule has 0 amide bonds. The van der Waals surface area contributed by atoms with E-state index >= 15 is 0 Å². The van der Waals surface area contributed by atoms with Crippen molar-refractivity contribution in [3.63, 3.8) is 0 Å². The average Bonchev–Trinajstić information content (AvgIpc) is 2.39. The lowest BCUT2D eigenvalue weighted by molar-refractivity contribution is 0.626. The Kier molecular flexibility index (Phi) is 4.57. The van der Waals surface area contributed by atoms with Crippen LogP contribution in [0, 0.1) is 5.82 Å². The van der Waals surface area contributed by atoms with E-state index in [4.69, 9.17) is 23.2 Å². The third-order valence-electron chi connectivity index (χ3n) is 2.59. The number of nitrogens with zero attached hydrogens (tertiary/aromatic N) is 3. The first-order valence-corrected chi connectivity index (χ1v) is 6.56. The predicted octanol–water partition coefficient (Wildman–Crippen LogP) is 5.61. The van der Waals surface area contributed by atoms with Gasteiger partial charge in [0.25, 0.3) is 0 Å². The minimum absolute atomic E-state index is 0.358. The molecule has 3 nitrogen and oxygen atoms in total. The lowest BCUT2D eigenvalue weighted by Gasteiger charge is -2.12. The molecular formula is C14H12Cl2FN3. The van der Waals surface area contributed by atoms with E-state index in [-0.39, 0.29) is 5.82 Å². The molecule has 0 N–H and O–H groups in total. The number of halogens is 3. The lowest BCUT2D eigenvalue weighted by Crippen LogP contribution is -2.10. The Balaban J connectivity index is 2.28. The van der Waals surface area contributed by atoms with Crippen LogP contribution in [0.15, 0.2) is 46.6 Å². The van der Waals surface area contributed by atoms with Crippen molar-refractivity contribution in [2.45, 2.75) is 0 Å². The second-order valence-electron chi connectivity index (χ2n) is 4.33. The molecule has 104 valence electrons. The van der Waals surface area contributed by atoms with Crippen molar-refractivity contribution in [1.29, 1.82) is 0 Å². The van der Waals surface area contributed by atoms with Crippen molar-refractivity contribution in [2.24, 2.45) is 10.2 Å². The fourth-order valence-corrected chi connectivity index (χ4v) is 1.92. The molecule has 0 spiro atoms. The summed E-state index contributed by atoms with van der Waals surface area (Å²) in [6.45, 7) is 0. The van der Waals surface area contributed by atoms with Gasteiger partial charge in [0.15, 0.2) is 0 Å². The van der Waals surface area contributed by atoms with Crippen molar-refractivity contribution in [3.05, 3.63) is 52.3 Å². The Labute approximate surface area is 126 Å². The van der Waals surface area contributed by atoms with Crippen molar-refractivity contribution in [2.75, 3.05) is 19.0 Å². The molecule has 0 aliphatic heterocycles. The molecule has 0 saturated carbocycles. The van der Waals surface area contributed by atoms with E-state index in [0.29, 0.717) is 27.1 Å². The highest BCUT2D eigenvalue weighted by Crippen LogP contribution is 2.30. The van der Waals surface area contributed by atoms with Gasteiger partial charge in [-0.2, -0.15) is 5.11 Å². The number of rotatable bonds is 3. The molecule has 0 aliphatic carbocycles. The number of benzene rings is 2. The summed E-state index contributed by atoms with van der Waals surface area (Å²) >= 11 is 11.8. The van der Waals surface area contributed by atoms with E-state index in [1.807, 2.05) is 0 Å². The first kappa shape index (κ1) is 14.8. The van der Waals surface area contributed by atoms with Crippen LogP contribution in [0.25, 0.3) is 0 Å².